The average molecular weight is 326 g/mol. The van der Waals surface area contributed by atoms with Crippen LogP contribution in [0.1, 0.15) is 25.7 Å². The first-order valence-electron chi connectivity index (χ1n) is 5.03. The van der Waals surface area contributed by atoms with Gasteiger partial charge in [0.25, 0.3) is 0 Å². The molecule has 0 N–H and O–H groups in total. The third-order valence-electron chi connectivity index (χ3n) is 4.53. The summed E-state index contributed by atoms with van der Waals surface area (Å²) in [4.78, 5) is 1.44. The number of alkyl halides is 2. The van der Waals surface area contributed by atoms with Crippen molar-refractivity contribution in [2.75, 3.05) is 11.5 Å². The van der Waals surface area contributed by atoms with Gasteiger partial charge in [0.1, 0.15) is 0 Å². The van der Waals surface area contributed by atoms with Crippen LogP contribution in [0.2, 0.25) is 0 Å². The van der Waals surface area contributed by atoms with Crippen LogP contribution in [0.15, 0.2) is 0 Å². The molecule has 0 aromatic carbocycles. The van der Waals surface area contributed by atoms with Crippen LogP contribution in [0, 0.1) is 10.8 Å². The van der Waals surface area contributed by atoms with Gasteiger partial charge in [0.05, 0.1) is 0 Å². The summed E-state index contributed by atoms with van der Waals surface area (Å²) >= 11 is 9.86. The van der Waals surface area contributed by atoms with E-state index in [0.29, 0.717) is 0 Å². The second-order valence-electron chi connectivity index (χ2n) is 4.99. The van der Waals surface area contributed by atoms with E-state index in [4.69, 9.17) is 0 Å². The van der Waals surface area contributed by atoms with E-state index in [9.17, 15) is 0 Å². The average Bonchev–Trinajstić information content (AvgIpc) is 2.33. The van der Waals surface area contributed by atoms with Crippen molar-refractivity contribution in [2.24, 2.45) is 10.8 Å². The number of hydrogen-bond acceptors (Lipinski definition) is 1. The summed E-state index contributed by atoms with van der Waals surface area (Å²) in [5.74, 6) is 2.88. The van der Waals surface area contributed by atoms with E-state index in [1.165, 1.54) is 37.2 Å². The van der Waals surface area contributed by atoms with Crippen molar-refractivity contribution in [3.05, 3.63) is 0 Å². The van der Waals surface area contributed by atoms with Gasteiger partial charge in [0.2, 0.25) is 0 Å². The van der Waals surface area contributed by atoms with Gasteiger partial charge in [-0.2, -0.15) is 11.8 Å². The van der Waals surface area contributed by atoms with E-state index in [0.717, 1.165) is 20.5 Å². The summed E-state index contributed by atoms with van der Waals surface area (Å²) in [5.41, 5.74) is 1.49. The molecule has 13 heavy (non-hydrogen) atoms. The molecule has 3 heteroatoms. The van der Waals surface area contributed by atoms with Crippen LogP contribution in [-0.2, 0) is 0 Å². The molecular formula is C10H14Br2S. The van der Waals surface area contributed by atoms with E-state index in [1.807, 2.05) is 0 Å². The second-order valence-corrected chi connectivity index (χ2v) is 8.33. The van der Waals surface area contributed by atoms with Gasteiger partial charge < -0.3 is 0 Å². The molecule has 0 radical (unpaired) electrons. The minimum absolute atomic E-state index is 0.722. The number of hydrogen-bond donors (Lipinski definition) is 0. The van der Waals surface area contributed by atoms with Crippen LogP contribution < -0.4 is 0 Å². The van der Waals surface area contributed by atoms with Gasteiger partial charge in [-0.3, -0.25) is 0 Å². The molecular weight excluding hydrogens is 312 g/mol. The minimum atomic E-state index is 0.722. The van der Waals surface area contributed by atoms with Crippen LogP contribution in [0.5, 0.6) is 0 Å². The van der Waals surface area contributed by atoms with Gasteiger partial charge in [-0.1, -0.05) is 31.9 Å². The van der Waals surface area contributed by atoms with Gasteiger partial charge >= 0.3 is 0 Å². The summed E-state index contributed by atoms with van der Waals surface area (Å²) in [6.07, 6.45) is 5.83. The Hall–Kier alpha value is 1.31. The summed E-state index contributed by atoms with van der Waals surface area (Å²) in [6, 6.07) is 0. The van der Waals surface area contributed by atoms with E-state index in [-0.39, 0.29) is 0 Å². The van der Waals surface area contributed by atoms with Gasteiger partial charge in [-0.25, -0.2) is 0 Å². The van der Waals surface area contributed by atoms with Crippen LogP contribution in [0.3, 0.4) is 0 Å². The number of thioether (sulfide) groups is 1. The van der Waals surface area contributed by atoms with Crippen molar-refractivity contribution in [3.8, 4) is 0 Å². The Bertz CT molecular complexity index is 221. The zero-order valence-corrected chi connectivity index (χ0v) is 11.6. The molecule has 74 valence electrons. The zero-order chi connectivity index (χ0) is 9.10. The molecule has 0 spiro atoms. The molecule has 1 saturated heterocycles. The molecule has 3 aliphatic rings. The Labute approximate surface area is 101 Å². The standard InChI is InChI=1S/C10H14Br2S/c11-7-3-9-1-2-10(9,4-8(7)12)6-13-5-9/h7-8H,1-6H2/t7-,8+,9-,10-/m0/s1. The highest BCUT2D eigenvalue weighted by Gasteiger charge is 2.64. The first kappa shape index (κ1) is 9.53. The smallest absolute Gasteiger partial charge is 0.0277 e. The topological polar surface area (TPSA) is 0 Å². The van der Waals surface area contributed by atoms with Crippen molar-refractivity contribution in [1.29, 1.82) is 0 Å². The maximum Gasteiger partial charge on any atom is 0.0277 e. The lowest BCUT2D eigenvalue weighted by Crippen LogP contribution is -2.57. The predicted octanol–water partition coefficient (Wildman–Crippen LogP) is 3.82. The molecule has 2 saturated carbocycles. The zero-order valence-electron chi connectivity index (χ0n) is 7.56. The Balaban J connectivity index is 1.92. The Morgan fingerprint density at radius 2 is 1.38 bits per heavy atom. The molecule has 3 rings (SSSR count). The lowest BCUT2D eigenvalue weighted by atomic mass is 9.46. The molecule has 0 unspecified atom stereocenters. The molecule has 1 heterocycles. The van der Waals surface area contributed by atoms with Gasteiger partial charge in [-0.05, 0) is 48.0 Å². The van der Waals surface area contributed by atoms with Crippen molar-refractivity contribution in [2.45, 2.75) is 35.3 Å². The molecule has 3 fully saturated rings. The number of rotatable bonds is 0. The molecule has 2 aliphatic carbocycles. The first-order chi connectivity index (χ1) is 6.18. The molecule has 1 aliphatic heterocycles. The molecule has 0 aromatic heterocycles. The minimum Gasteiger partial charge on any atom is -0.161 e. The molecule has 0 amide bonds. The quantitative estimate of drug-likeness (QED) is 0.610. The molecule has 0 aromatic rings. The predicted molar refractivity (Wildman–Crippen MR) is 66.1 cm³/mol. The molecule has 4 atom stereocenters. The third-order valence-corrected chi connectivity index (χ3v) is 8.67. The van der Waals surface area contributed by atoms with E-state index in [1.54, 1.807) is 0 Å². The maximum absolute atomic E-state index is 3.83. The monoisotopic (exact) mass is 324 g/mol. The fraction of sp³-hybridized carbons (Fsp3) is 1.00. The van der Waals surface area contributed by atoms with Crippen LogP contribution in [0.4, 0.5) is 0 Å². The van der Waals surface area contributed by atoms with Crippen LogP contribution in [0.25, 0.3) is 0 Å². The van der Waals surface area contributed by atoms with E-state index in [2.05, 4.69) is 43.6 Å². The highest BCUT2D eigenvalue weighted by atomic mass is 79.9. The number of halogens is 2. The summed E-state index contributed by atoms with van der Waals surface area (Å²) < 4.78 is 0. The third kappa shape index (κ3) is 1.10. The van der Waals surface area contributed by atoms with Gasteiger partial charge in [-0.15, -0.1) is 0 Å². The van der Waals surface area contributed by atoms with Crippen molar-refractivity contribution in [3.63, 3.8) is 0 Å². The molecule has 0 bridgehead atoms. The van der Waals surface area contributed by atoms with Gasteiger partial charge in [0, 0.05) is 9.65 Å². The van der Waals surface area contributed by atoms with Crippen LogP contribution >= 0.6 is 43.6 Å². The Morgan fingerprint density at radius 3 is 1.77 bits per heavy atom. The van der Waals surface area contributed by atoms with Crippen LogP contribution in [-0.4, -0.2) is 21.2 Å². The van der Waals surface area contributed by atoms with E-state index < -0.39 is 0 Å². The van der Waals surface area contributed by atoms with Crippen molar-refractivity contribution < 1.29 is 0 Å². The van der Waals surface area contributed by atoms with Crippen molar-refractivity contribution in [1.82, 2.24) is 0 Å². The maximum atomic E-state index is 3.83. The normalized spacial score (nSPS) is 59.5. The fourth-order valence-electron chi connectivity index (χ4n) is 3.48. The second kappa shape index (κ2) is 2.91. The molecule has 0 nitrogen and oxygen atoms in total. The Kier molecular flexibility index (Phi) is 2.14. The summed E-state index contributed by atoms with van der Waals surface area (Å²) in [5, 5.41) is 0. The largest absolute Gasteiger partial charge is 0.161 e. The fourth-order valence-corrected chi connectivity index (χ4v) is 7.12. The summed E-state index contributed by atoms with van der Waals surface area (Å²) in [6.45, 7) is 0. The Morgan fingerprint density at radius 1 is 0.923 bits per heavy atom. The lowest BCUT2D eigenvalue weighted by molar-refractivity contribution is -0.0640. The SMILES string of the molecule is Br[C@@H]1C[C@]23CC[C@@]2(CSC3)C[C@@H]1Br. The lowest BCUT2D eigenvalue weighted by Gasteiger charge is -2.60. The summed E-state index contributed by atoms with van der Waals surface area (Å²) in [7, 11) is 0. The highest BCUT2D eigenvalue weighted by Crippen LogP contribution is 2.71. The van der Waals surface area contributed by atoms with Crippen molar-refractivity contribution >= 4 is 43.6 Å². The first-order valence-corrected chi connectivity index (χ1v) is 8.02. The highest BCUT2D eigenvalue weighted by molar-refractivity contribution is 9.12. The van der Waals surface area contributed by atoms with E-state index >= 15 is 0 Å². The van der Waals surface area contributed by atoms with Gasteiger partial charge in [0.15, 0.2) is 0 Å².